The van der Waals surface area contributed by atoms with Crippen LogP contribution >= 0.6 is 12.2 Å². The van der Waals surface area contributed by atoms with Gasteiger partial charge in [-0.1, -0.05) is 13.0 Å². The van der Waals surface area contributed by atoms with Gasteiger partial charge < -0.3 is 4.74 Å². The summed E-state index contributed by atoms with van der Waals surface area (Å²) in [5, 5.41) is 5.83. The molecule has 0 spiro atoms. The van der Waals surface area contributed by atoms with Crippen LogP contribution in [0.2, 0.25) is 0 Å². The van der Waals surface area contributed by atoms with Crippen LogP contribution in [0.25, 0.3) is 0 Å². The lowest BCUT2D eigenvalue weighted by molar-refractivity contribution is 0.411. The lowest BCUT2D eigenvalue weighted by atomic mass is 9.91. The number of aromatic nitrogens is 3. The van der Waals surface area contributed by atoms with Crippen molar-refractivity contribution >= 4 is 12.2 Å². The molecule has 0 aliphatic carbocycles. The third-order valence-corrected chi connectivity index (χ3v) is 3.56. The highest BCUT2D eigenvalue weighted by atomic mass is 32.1. The van der Waals surface area contributed by atoms with E-state index in [4.69, 9.17) is 17.0 Å². The van der Waals surface area contributed by atoms with E-state index in [1.54, 1.807) is 7.11 Å². The summed E-state index contributed by atoms with van der Waals surface area (Å²) in [6.07, 6.45) is 0.833. The normalized spacial score (nSPS) is 12.4. The van der Waals surface area contributed by atoms with Crippen LogP contribution in [0.15, 0.2) is 12.1 Å². The molecule has 4 nitrogen and oxygen atoms in total. The quantitative estimate of drug-likeness (QED) is 0.842. The van der Waals surface area contributed by atoms with Gasteiger partial charge in [0, 0.05) is 6.42 Å². The summed E-state index contributed by atoms with van der Waals surface area (Å²) in [5.74, 6) is 2.21. The molecule has 102 valence electrons. The summed E-state index contributed by atoms with van der Waals surface area (Å²) < 4.78 is 5.85. The molecular formula is C14H19N3OS. The van der Waals surface area contributed by atoms with Crippen molar-refractivity contribution in [2.24, 2.45) is 0 Å². The Kier molecular flexibility index (Phi) is 4.04. The van der Waals surface area contributed by atoms with Gasteiger partial charge in [0.2, 0.25) is 4.77 Å². The molecule has 1 atom stereocenters. The third-order valence-electron chi connectivity index (χ3n) is 3.36. The highest BCUT2D eigenvalue weighted by Gasteiger charge is 2.13. The predicted octanol–water partition coefficient (Wildman–Crippen LogP) is 3.44. The first-order valence-electron chi connectivity index (χ1n) is 6.30. The topological polar surface area (TPSA) is 53.7 Å². The molecule has 19 heavy (non-hydrogen) atoms. The molecule has 1 aromatic heterocycles. The van der Waals surface area contributed by atoms with Crippen LogP contribution in [0.3, 0.4) is 0 Å². The molecule has 0 radical (unpaired) electrons. The maximum absolute atomic E-state index is 5.34. The molecule has 0 fully saturated rings. The monoisotopic (exact) mass is 277 g/mol. The summed E-state index contributed by atoms with van der Waals surface area (Å²) in [6.45, 7) is 6.37. The molecule has 0 bridgehead atoms. The molecule has 0 aliphatic heterocycles. The number of nitrogens with one attached hydrogen (secondary N) is 2. The lowest BCUT2D eigenvalue weighted by Gasteiger charge is -2.16. The fraction of sp³-hybridized carbons (Fsp3) is 0.429. The number of benzene rings is 1. The average Bonchev–Trinajstić information content (AvgIpc) is 2.77. The number of aryl methyl sites for hydroxylation is 2. The Hall–Kier alpha value is -1.62. The van der Waals surface area contributed by atoms with Gasteiger partial charge in [0.1, 0.15) is 11.6 Å². The Balaban J connectivity index is 2.26. The van der Waals surface area contributed by atoms with E-state index in [1.165, 1.54) is 11.1 Å². The van der Waals surface area contributed by atoms with Crippen molar-refractivity contribution in [3.63, 3.8) is 0 Å². The first kappa shape index (κ1) is 13.8. The smallest absolute Gasteiger partial charge is 0.213 e. The fourth-order valence-electron chi connectivity index (χ4n) is 2.36. The SMILES string of the molecule is COc1cc(C)c(C(C)Cc2nc(=S)[nH][nH]2)cc1C. The summed E-state index contributed by atoms with van der Waals surface area (Å²) in [6, 6.07) is 4.29. The van der Waals surface area contributed by atoms with Crippen LogP contribution in [0.4, 0.5) is 0 Å². The van der Waals surface area contributed by atoms with Crippen molar-refractivity contribution in [1.82, 2.24) is 15.2 Å². The minimum Gasteiger partial charge on any atom is -0.496 e. The van der Waals surface area contributed by atoms with E-state index in [2.05, 4.69) is 48.1 Å². The van der Waals surface area contributed by atoms with E-state index in [0.29, 0.717) is 10.7 Å². The molecule has 0 saturated heterocycles. The Morgan fingerprint density at radius 1 is 1.26 bits per heavy atom. The average molecular weight is 277 g/mol. The number of hydrogen-bond acceptors (Lipinski definition) is 3. The van der Waals surface area contributed by atoms with Gasteiger partial charge in [-0.05, 0) is 54.7 Å². The summed E-state index contributed by atoms with van der Waals surface area (Å²) in [7, 11) is 1.70. The number of rotatable bonds is 4. The largest absolute Gasteiger partial charge is 0.496 e. The Morgan fingerprint density at radius 2 is 2.00 bits per heavy atom. The summed E-state index contributed by atoms with van der Waals surface area (Å²) in [4.78, 5) is 4.24. The minimum atomic E-state index is 0.374. The van der Waals surface area contributed by atoms with Gasteiger partial charge in [-0.15, -0.1) is 0 Å². The van der Waals surface area contributed by atoms with Crippen molar-refractivity contribution in [1.29, 1.82) is 0 Å². The predicted molar refractivity (Wildman–Crippen MR) is 78.4 cm³/mol. The number of methoxy groups -OCH3 is 1. The molecule has 5 heteroatoms. The number of aromatic amines is 2. The maximum Gasteiger partial charge on any atom is 0.213 e. The van der Waals surface area contributed by atoms with Crippen LogP contribution in [0, 0.1) is 18.6 Å². The van der Waals surface area contributed by atoms with Crippen LogP contribution in [0.5, 0.6) is 5.75 Å². The van der Waals surface area contributed by atoms with E-state index < -0.39 is 0 Å². The Bertz CT molecular complexity index is 630. The van der Waals surface area contributed by atoms with E-state index in [0.717, 1.165) is 23.6 Å². The molecule has 1 unspecified atom stereocenters. The van der Waals surface area contributed by atoms with Crippen LogP contribution < -0.4 is 4.74 Å². The molecule has 0 amide bonds. The molecule has 1 aromatic carbocycles. The second-order valence-electron chi connectivity index (χ2n) is 4.90. The molecule has 0 saturated carbocycles. The maximum atomic E-state index is 5.34. The van der Waals surface area contributed by atoms with Crippen LogP contribution in [-0.4, -0.2) is 22.3 Å². The van der Waals surface area contributed by atoms with Gasteiger partial charge in [0.25, 0.3) is 0 Å². The zero-order valence-corrected chi connectivity index (χ0v) is 12.5. The Morgan fingerprint density at radius 3 is 2.58 bits per heavy atom. The van der Waals surface area contributed by atoms with Crippen LogP contribution in [0.1, 0.15) is 35.4 Å². The third kappa shape index (κ3) is 3.04. The second kappa shape index (κ2) is 5.57. The molecule has 1 heterocycles. The van der Waals surface area contributed by atoms with Crippen molar-refractivity contribution in [2.75, 3.05) is 7.11 Å². The number of nitrogens with zero attached hydrogens (tertiary/aromatic N) is 1. The van der Waals surface area contributed by atoms with E-state index in [-0.39, 0.29) is 0 Å². The van der Waals surface area contributed by atoms with Crippen molar-refractivity contribution in [3.05, 3.63) is 39.4 Å². The first-order valence-corrected chi connectivity index (χ1v) is 6.70. The van der Waals surface area contributed by atoms with Gasteiger partial charge in [-0.25, -0.2) is 4.98 Å². The summed E-state index contributed by atoms with van der Waals surface area (Å²) in [5.41, 5.74) is 3.72. The van der Waals surface area contributed by atoms with Crippen molar-refractivity contribution in [2.45, 2.75) is 33.1 Å². The number of hydrogen-bond donors (Lipinski definition) is 2. The van der Waals surface area contributed by atoms with E-state index >= 15 is 0 Å². The highest BCUT2D eigenvalue weighted by Crippen LogP contribution is 2.28. The molecule has 2 N–H and O–H groups in total. The van der Waals surface area contributed by atoms with Gasteiger partial charge in [-0.2, -0.15) is 0 Å². The number of ether oxygens (including phenoxy) is 1. The van der Waals surface area contributed by atoms with Crippen LogP contribution in [-0.2, 0) is 6.42 Å². The van der Waals surface area contributed by atoms with E-state index in [9.17, 15) is 0 Å². The van der Waals surface area contributed by atoms with E-state index in [1.807, 2.05) is 0 Å². The van der Waals surface area contributed by atoms with Gasteiger partial charge >= 0.3 is 0 Å². The first-order chi connectivity index (χ1) is 9.01. The van der Waals surface area contributed by atoms with Crippen molar-refractivity contribution in [3.8, 4) is 5.75 Å². The van der Waals surface area contributed by atoms with Gasteiger partial charge in [0.05, 0.1) is 7.11 Å². The number of H-pyrrole nitrogens is 2. The molecule has 2 rings (SSSR count). The molecular weight excluding hydrogens is 258 g/mol. The van der Waals surface area contributed by atoms with Crippen molar-refractivity contribution < 1.29 is 4.74 Å². The lowest BCUT2D eigenvalue weighted by Crippen LogP contribution is -2.03. The second-order valence-corrected chi connectivity index (χ2v) is 5.28. The zero-order valence-electron chi connectivity index (χ0n) is 11.7. The fourth-order valence-corrected chi connectivity index (χ4v) is 2.52. The minimum absolute atomic E-state index is 0.374. The summed E-state index contributed by atoms with van der Waals surface area (Å²) >= 11 is 4.97. The van der Waals surface area contributed by atoms with Gasteiger partial charge in [-0.3, -0.25) is 10.2 Å². The zero-order chi connectivity index (χ0) is 14.0. The molecule has 2 aromatic rings. The highest BCUT2D eigenvalue weighted by molar-refractivity contribution is 7.71. The van der Waals surface area contributed by atoms with Gasteiger partial charge in [0.15, 0.2) is 0 Å². The Labute approximate surface area is 118 Å². The molecule has 0 aliphatic rings. The standard InChI is InChI=1S/C14H19N3OS/c1-8-6-12(18-4)10(3)5-11(8)9(2)7-13-15-14(19)17-16-13/h5-6,9H,7H2,1-4H3,(H2,15,16,17,19).